The summed E-state index contributed by atoms with van der Waals surface area (Å²) in [4.78, 5) is 12.2. The molecule has 3 heteroatoms. The summed E-state index contributed by atoms with van der Waals surface area (Å²) < 4.78 is 12.8. The van der Waals surface area contributed by atoms with Crippen LogP contribution in [0.2, 0.25) is 0 Å². The number of phenols is 1. The Labute approximate surface area is 105 Å². The average molecular weight is 244 g/mol. The van der Waals surface area contributed by atoms with Crippen molar-refractivity contribution in [1.82, 2.24) is 0 Å². The second kappa shape index (κ2) is 5.00. The zero-order valence-corrected chi connectivity index (χ0v) is 9.98. The fourth-order valence-electron chi connectivity index (χ4n) is 1.74. The van der Waals surface area contributed by atoms with E-state index in [0.717, 1.165) is 12.0 Å². The van der Waals surface area contributed by atoms with E-state index in [1.165, 1.54) is 30.3 Å². The monoisotopic (exact) mass is 244 g/mol. The van der Waals surface area contributed by atoms with E-state index in [0.29, 0.717) is 5.56 Å². The van der Waals surface area contributed by atoms with Crippen LogP contribution < -0.4 is 0 Å². The lowest BCUT2D eigenvalue weighted by Crippen LogP contribution is -2.02. The topological polar surface area (TPSA) is 37.3 Å². The van der Waals surface area contributed by atoms with E-state index < -0.39 is 5.82 Å². The van der Waals surface area contributed by atoms with Crippen LogP contribution in [0.5, 0.6) is 5.75 Å². The van der Waals surface area contributed by atoms with Crippen LogP contribution in [-0.4, -0.2) is 10.9 Å². The Kier molecular flexibility index (Phi) is 3.42. The molecule has 0 aliphatic carbocycles. The molecule has 1 N–H and O–H groups in total. The van der Waals surface area contributed by atoms with Gasteiger partial charge in [0.25, 0.3) is 0 Å². The van der Waals surface area contributed by atoms with Gasteiger partial charge in [-0.2, -0.15) is 0 Å². The van der Waals surface area contributed by atoms with Crippen LogP contribution in [0, 0.1) is 5.82 Å². The number of phenolic OH excluding ortho intramolecular Hbond substituents is 1. The Balaban J connectivity index is 2.42. The lowest BCUT2D eigenvalue weighted by molar-refractivity contribution is 0.103. The summed E-state index contributed by atoms with van der Waals surface area (Å²) in [5.74, 6) is -0.748. The van der Waals surface area contributed by atoms with Gasteiger partial charge in [-0.1, -0.05) is 13.0 Å². The SMILES string of the molecule is CCc1ccc(O)c(C(=O)c2ccc(F)cc2)c1. The first-order valence-corrected chi connectivity index (χ1v) is 5.74. The molecule has 0 aliphatic rings. The minimum Gasteiger partial charge on any atom is -0.507 e. The van der Waals surface area contributed by atoms with Gasteiger partial charge in [0.05, 0.1) is 5.56 Å². The second-order valence-corrected chi connectivity index (χ2v) is 4.04. The molecule has 0 bridgehead atoms. The Bertz CT molecular complexity index is 574. The third kappa shape index (κ3) is 2.40. The van der Waals surface area contributed by atoms with Crippen LogP contribution >= 0.6 is 0 Å². The molecule has 18 heavy (non-hydrogen) atoms. The number of aromatic hydroxyl groups is 1. The van der Waals surface area contributed by atoms with E-state index in [2.05, 4.69) is 0 Å². The maximum Gasteiger partial charge on any atom is 0.196 e. The molecule has 2 nitrogen and oxygen atoms in total. The van der Waals surface area contributed by atoms with Crippen LogP contribution in [-0.2, 0) is 6.42 Å². The van der Waals surface area contributed by atoms with Gasteiger partial charge in [0, 0.05) is 5.56 Å². The summed E-state index contributed by atoms with van der Waals surface area (Å²) in [6.07, 6.45) is 0.782. The quantitative estimate of drug-likeness (QED) is 0.841. The summed E-state index contributed by atoms with van der Waals surface area (Å²) in [6, 6.07) is 10.2. The van der Waals surface area contributed by atoms with E-state index in [1.54, 1.807) is 12.1 Å². The lowest BCUT2D eigenvalue weighted by Gasteiger charge is -2.06. The lowest BCUT2D eigenvalue weighted by atomic mass is 9.99. The maximum atomic E-state index is 12.8. The summed E-state index contributed by atoms with van der Waals surface area (Å²) in [5.41, 5.74) is 1.58. The van der Waals surface area contributed by atoms with Gasteiger partial charge in [0.2, 0.25) is 0 Å². The third-order valence-corrected chi connectivity index (χ3v) is 2.82. The number of carbonyl (C=O) groups excluding carboxylic acids is 1. The molecule has 0 atom stereocenters. The predicted molar refractivity (Wildman–Crippen MR) is 67.3 cm³/mol. The van der Waals surface area contributed by atoms with Crippen molar-refractivity contribution in [2.75, 3.05) is 0 Å². The first kappa shape index (κ1) is 12.3. The van der Waals surface area contributed by atoms with E-state index in [1.807, 2.05) is 6.92 Å². The molecule has 0 heterocycles. The van der Waals surface area contributed by atoms with Gasteiger partial charge in [-0.3, -0.25) is 4.79 Å². The first-order valence-electron chi connectivity index (χ1n) is 5.74. The molecular weight excluding hydrogens is 231 g/mol. The summed E-state index contributed by atoms with van der Waals surface area (Å²) in [5, 5.41) is 9.72. The smallest absolute Gasteiger partial charge is 0.196 e. The average Bonchev–Trinajstić information content (AvgIpc) is 2.39. The summed E-state index contributed by atoms with van der Waals surface area (Å²) in [7, 11) is 0. The molecule has 2 rings (SSSR count). The van der Waals surface area contributed by atoms with Gasteiger partial charge in [-0.15, -0.1) is 0 Å². The van der Waals surface area contributed by atoms with Gasteiger partial charge in [0.15, 0.2) is 5.78 Å². The van der Waals surface area contributed by atoms with E-state index in [4.69, 9.17) is 0 Å². The molecule has 0 saturated carbocycles. The number of benzene rings is 2. The van der Waals surface area contributed by atoms with Gasteiger partial charge in [0.1, 0.15) is 11.6 Å². The van der Waals surface area contributed by atoms with Crippen molar-refractivity contribution in [3.8, 4) is 5.75 Å². The fraction of sp³-hybridized carbons (Fsp3) is 0.133. The standard InChI is InChI=1S/C15H13FO2/c1-2-10-3-8-14(17)13(9-10)15(18)11-4-6-12(16)7-5-11/h3-9,17H,2H2,1H3. The van der Waals surface area contributed by atoms with Crippen LogP contribution in [0.3, 0.4) is 0 Å². The van der Waals surface area contributed by atoms with Crippen LogP contribution in [0.1, 0.15) is 28.4 Å². The predicted octanol–water partition coefficient (Wildman–Crippen LogP) is 3.32. The highest BCUT2D eigenvalue weighted by Gasteiger charge is 2.13. The van der Waals surface area contributed by atoms with Crippen molar-refractivity contribution in [3.05, 3.63) is 65.0 Å². The number of aryl methyl sites for hydroxylation is 1. The van der Waals surface area contributed by atoms with Crippen LogP contribution in [0.15, 0.2) is 42.5 Å². The molecular formula is C15H13FO2. The van der Waals surface area contributed by atoms with E-state index in [-0.39, 0.29) is 17.1 Å². The molecule has 2 aromatic carbocycles. The van der Waals surface area contributed by atoms with Crippen LogP contribution in [0.25, 0.3) is 0 Å². The fourth-order valence-corrected chi connectivity index (χ4v) is 1.74. The molecule has 0 radical (unpaired) electrons. The molecule has 0 spiro atoms. The summed E-state index contributed by atoms with van der Waals surface area (Å²) >= 11 is 0. The zero-order valence-electron chi connectivity index (χ0n) is 9.98. The molecule has 2 aromatic rings. The minimum absolute atomic E-state index is 0.0541. The molecule has 0 unspecified atom stereocenters. The van der Waals surface area contributed by atoms with Crippen molar-refractivity contribution in [2.45, 2.75) is 13.3 Å². The second-order valence-electron chi connectivity index (χ2n) is 4.04. The molecule has 0 amide bonds. The third-order valence-electron chi connectivity index (χ3n) is 2.82. The number of hydrogen-bond donors (Lipinski definition) is 1. The number of ketones is 1. The maximum absolute atomic E-state index is 12.8. The number of hydrogen-bond acceptors (Lipinski definition) is 2. The Morgan fingerprint density at radius 2 is 1.83 bits per heavy atom. The Morgan fingerprint density at radius 1 is 1.17 bits per heavy atom. The van der Waals surface area contributed by atoms with Crippen molar-refractivity contribution in [2.24, 2.45) is 0 Å². The van der Waals surface area contributed by atoms with E-state index in [9.17, 15) is 14.3 Å². The first-order chi connectivity index (χ1) is 8.61. The number of rotatable bonds is 3. The molecule has 92 valence electrons. The Morgan fingerprint density at radius 3 is 2.44 bits per heavy atom. The van der Waals surface area contributed by atoms with Crippen molar-refractivity contribution in [1.29, 1.82) is 0 Å². The normalized spacial score (nSPS) is 10.3. The highest BCUT2D eigenvalue weighted by Crippen LogP contribution is 2.22. The van der Waals surface area contributed by atoms with Crippen molar-refractivity contribution in [3.63, 3.8) is 0 Å². The van der Waals surface area contributed by atoms with Crippen molar-refractivity contribution >= 4 is 5.78 Å². The van der Waals surface area contributed by atoms with Crippen LogP contribution in [0.4, 0.5) is 4.39 Å². The molecule has 0 aromatic heterocycles. The number of halogens is 1. The van der Waals surface area contributed by atoms with Gasteiger partial charge in [-0.25, -0.2) is 4.39 Å². The molecule has 0 aliphatic heterocycles. The van der Waals surface area contributed by atoms with Gasteiger partial charge >= 0.3 is 0 Å². The van der Waals surface area contributed by atoms with E-state index >= 15 is 0 Å². The highest BCUT2D eigenvalue weighted by molar-refractivity contribution is 6.10. The van der Waals surface area contributed by atoms with Crippen molar-refractivity contribution < 1.29 is 14.3 Å². The zero-order chi connectivity index (χ0) is 13.1. The largest absolute Gasteiger partial charge is 0.507 e. The summed E-state index contributed by atoms with van der Waals surface area (Å²) in [6.45, 7) is 1.97. The highest BCUT2D eigenvalue weighted by atomic mass is 19.1. The molecule has 0 saturated heterocycles. The van der Waals surface area contributed by atoms with Gasteiger partial charge < -0.3 is 5.11 Å². The molecule has 0 fully saturated rings. The Hall–Kier alpha value is -2.16. The van der Waals surface area contributed by atoms with Gasteiger partial charge in [-0.05, 0) is 48.4 Å². The number of carbonyl (C=O) groups is 1. The minimum atomic E-state index is -0.391.